The van der Waals surface area contributed by atoms with Crippen LogP contribution >= 0.6 is 0 Å². The van der Waals surface area contributed by atoms with E-state index in [1.807, 2.05) is 0 Å². The van der Waals surface area contributed by atoms with Crippen LogP contribution in [0.3, 0.4) is 0 Å². The first-order valence-corrected chi connectivity index (χ1v) is 13.2. The molecule has 0 radical (unpaired) electrons. The number of carbonyl (C=O) groups is 3. The second-order valence-electron chi connectivity index (χ2n) is 10.5. The van der Waals surface area contributed by atoms with Gasteiger partial charge in [0.05, 0.1) is 31.5 Å². The second-order valence-corrected chi connectivity index (χ2v) is 10.5. The molecular formula is C28H34O14. The van der Waals surface area contributed by atoms with E-state index in [-0.39, 0.29) is 17.7 Å². The van der Waals surface area contributed by atoms with Crippen LogP contribution < -0.4 is 0 Å². The van der Waals surface area contributed by atoms with Crippen molar-refractivity contribution in [3.05, 3.63) is 47.7 Å². The van der Waals surface area contributed by atoms with Crippen molar-refractivity contribution >= 4 is 24.0 Å². The molecule has 1 aromatic carbocycles. The number of phenolic OH excluding ortho intramolecular Hbond substituents is 1. The van der Waals surface area contributed by atoms with Crippen LogP contribution in [0.15, 0.2) is 42.2 Å². The van der Waals surface area contributed by atoms with Crippen LogP contribution in [0.4, 0.5) is 0 Å². The summed E-state index contributed by atoms with van der Waals surface area (Å²) in [5.41, 5.74) is -0.880. The van der Waals surface area contributed by atoms with Gasteiger partial charge in [0.1, 0.15) is 41.9 Å². The van der Waals surface area contributed by atoms with E-state index < -0.39 is 85.1 Å². The van der Waals surface area contributed by atoms with E-state index >= 15 is 0 Å². The molecule has 1 saturated heterocycles. The molecule has 2 aliphatic heterocycles. The number of benzene rings is 1. The standard InChI is InChI=1S/C28H34O14/c1-13(30)42-28(2)10-17(39-19(32)9-6-14-4-7-15(31)8-5-14)20-16(25(36)37-3)12-38-26(21(20)28)41-27-24(35)23(34)22(33)18(11-29)40-27/h4-9,12,17-18,20-24,26-27,29,31,33-35H,10-11H2,1-3H3. The van der Waals surface area contributed by atoms with Crippen molar-refractivity contribution in [3.8, 4) is 5.75 Å². The van der Waals surface area contributed by atoms with Crippen LogP contribution in [0.2, 0.25) is 0 Å². The number of carbonyl (C=O) groups excluding carboxylic acids is 3. The van der Waals surface area contributed by atoms with Crippen LogP contribution in [-0.4, -0.2) is 106 Å². The molecule has 1 aromatic rings. The lowest BCUT2D eigenvalue weighted by atomic mass is 9.80. The van der Waals surface area contributed by atoms with Gasteiger partial charge in [-0.15, -0.1) is 0 Å². The zero-order valence-corrected chi connectivity index (χ0v) is 23.1. The van der Waals surface area contributed by atoms with Crippen molar-refractivity contribution in [3.63, 3.8) is 0 Å². The Morgan fingerprint density at radius 2 is 1.76 bits per heavy atom. The molecule has 2 heterocycles. The molecule has 0 amide bonds. The maximum atomic E-state index is 12.9. The Hall–Kier alpha value is -3.53. The molecule has 1 aliphatic carbocycles. The van der Waals surface area contributed by atoms with E-state index in [9.17, 15) is 39.9 Å². The normalized spacial score (nSPS) is 36.0. The summed E-state index contributed by atoms with van der Waals surface area (Å²) >= 11 is 0. The lowest BCUT2D eigenvalue weighted by Gasteiger charge is -2.44. The molecule has 0 aromatic heterocycles. The Kier molecular flexibility index (Phi) is 9.55. The van der Waals surface area contributed by atoms with Gasteiger partial charge >= 0.3 is 17.9 Å². The average molecular weight is 595 g/mol. The quantitative estimate of drug-likeness (QED) is 0.146. The molecule has 0 bridgehead atoms. The number of aliphatic hydroxyl groups is 4. The Morgan fingerprint density at radius 1 is 1.07 bits per heavy atom. The second kappa shape index (κ2) is 12.8. The van der Waals surface area contributed by atoms with Gasteiger partial charge in [-0.3, -0.25) is 4.79 Å². The van der Waals surface area contributed by atoms with E-state index in [0.717, 1.165) is 19.4 Å². The minimum absolute atomic E-state index is 0.0349. The van der Waals surface area contributed by atoms with Gasteiger partial charge in [-0.1, -0.05) is 12.1 Å². The van der Waals surface area contributed by atoms with Crippen LogP contribution in [0, 0.1) is 11.8 Å². The average Bonchev–Trinajstić information content (AvgIpc) is 3.23. The Balaban J connectivity index is 1.65. The zero-order valence-electron chi connectivity index (χ0n) is 23.1. The lowest BCUT2D eigenvalue weighted by Crippen LogP contribution is -2.61. The molecule has 2 fully saturated rings. The topological polar surface area (TPSA) is 208 Å². The largest absolute Gasteiger partial charge is 0.508 e. The summed E-state index contributed by atoms with van der Waals surface area (Å²) in [4.78, 5) is 37.8. The number of phenols is 1. The number of fused-ring (bicyclic) bond motifs is 1. The SMILES string of the molecule is COC(=O)C1=COC(OC2OC(CO)C(O)C(O)C2O)C2C1C(OC(=O)C=Cc1ccc(O)cc1)CC2(C)OC(C)=O. The molecule has 3 aliphatic rings. The van der Waals surface area contributed by atoms with Gasteiger partial charge in [-0.05, 0) is 30.7 Å². The molecular weight excluding hydrogens is 560 g/mol. The fourth-order valence-corrected chi connectivity index (χ4v) is 5.65. The molecule has 14 nitrogen and oxygen atoms in total. The summed E-state index contributed by atoms with van der Waals surface area (Å²) in [6.07, 6.45) is -6.89. The molecule has 4 rings (SSSR count). The van der Waals surface area contributed by atoms with Crippen molar-refractivity contribution in [1.29, 1.82) is 0 Å². The number of aromatic hydroxyl groups is 1. The Morgan fingerprint density at radius 3 is 2.38 bits per heavy atom. The van der Waals surface area contributed by atoms with E-state index in [1.54, 1.807) is 19.1 Å². The van der Waals surface area contributed by atoms with Crippen molar-refractivity contribution in [2.75, 3.05) is 13.7 Å². The predicted octanol–water partition coefficient (Wildman–Crippen LogP) is -0.495. The summed E-state index contributed by atoms with van der Waals surface area (Å²) in [5.74, 6) is -4.23. The molecule has 42 heavy (non-hydrogen) atoms. The van der Waals surface area contributed by atoms with Crippen molar-refractivity contribution in [1.82, 2.24) is 0 Å². The highest BCUT2D eigenvalue weighted by Gasteiger charge is 2.63. The number of hydrogen-bond acceptors (Lipinski definition) is 14. The zero-order chi connectivity index (χ0) is 30.8. The monoisotopic (exact) mass is 594 g/mol. The van der Waals surface area contributed by atoms with Gasteiger partial charge in [-0.25, -0.2) is 9.59 Å². The summed E-state index contributed by atoms with van der Waals surface area (Å²) in [6.45, 7) is 2.02. The van der Waals surface area contributed by atoms with Crippen molar-refractivity contribution in [2.45, 2.75) is 69.0 Å². The summed E-state index contributed by atoms with van der Waals surface area (Å²) < 4.78 is 33.4. The molecule has 14 heteroatoms. The molecule has 10 unspecified atom stereocenters. The molecule has 5 N–H and O–H groups in total. The minimum Gasteiger partial charge on any atom is -0.508 e. The maximum Gasteiger partial charge on any atom is 0.337 e. The first kappa shape index (κ1) is 31.4. The van der Waals surface area contributed by atoms with Crippen molar-refractivity contribution in [2.24, 2.45) is 11.8 Å². The third-order valence-corrected chi connectivity index (χ3v) is 7.57. The van der Waals surface area contributed by atoms with Gasteiger partial charge in [0.15, 0.2) is 6.29 Å². The predicted molar refractivity (Wildman–Crippen MR) is 139 cm³/mol. The fourth-order valence-electron chi connectivity index (χ4n) is 5.65. The molecule has 0 spiro atoms. The molecule has 10 atom stereocenters. The maximum absolute atomic E-state index is 12.9. The summed E-state index contributed by atoms with van der Waals surface area (Å²) in [6, 6.07) is 6.06. The number of hydrogen-bond donors (Lipinski definition) is 5. The highest BCUT2D eigenvalue weighted by Crippen LogP contribution is 2.52. The highest BCUT2D eigenvalue weighted by molar-refractivity contribution is 5.90. The van der Waals surface area contributed by atoms with Crippen molar-refractivity contribution < 1.29 is 68.3 Å². The van der Waals surface area contributed by atoms with E-state index in [2.05, 4.69) is 0 Å². The van der Waals surface area contributed by atoms with E-state index in [1.165, 1.54) is 25.1 Å². The van der Waals surface area contributed by atoms with Crippen LogP contribution in [0.1, 0.15) is 25.8 Å². The lowest BCUT2D eigenvalue weighted by molar-refractivity contribution is -0.346. The molecule has 230 valence electrons. The van der Waals surface area contributed by atoms with Crippen LogP contribution in [0.5, 0.6) is 5.75 Å². The van der Waals surface area contributed by atoms with Gasteiger partial charge in [0.2, 0.25) is 6.29 Å². The minimum atomic E-state index is -1.77. The van der Waals surface area contributed by atoms with Gasteiger partial charge in [-0.2, -0.15) is 0 Å². The number of ether oxygens (including phenoxy) is 6. The number of esters is 3. The van der Waals surface area contributed by atoms with E-state index in [0.29, 0.717) is 5.56 Å². The van der Waals surface area contributed by atoms with Crippen LogP contribution in [0.25, 0.3) is 6.08 Å². The smallest absolute Gasteiger partial charge is 0.337 e. The highest BCUT2D eigenvalue weighted by atomic mass is 16.8. The first-order chi connectivity index (χ1) is 19.9. The number of methoxy groups -OCH3 is 1. The van der Waals surface area contributed by atoms with Crippen LogP contribution in [-0.2, 0) is 42.8 Å². The Labute approximate surface area is 240 Å². The third-order valence-electron chi connectivity index (χ3n) is 7.57. The third kappa shape index (κ3) is 6.43. The van der Waals surface area contributed by atoms with Gasteiger partial charge in [0, 0.05) is 25.3 Å². The van der Waals surface area contributed by atoms with Gasteiger partial charge in [0.25, 0.3) is 0 Å². The molecule has 1 saturated carbocycles. The van der Waals surface area contributed by atoms with E-state index in [4.69, 9.17) is 28.4 Å². The number of aliphatic hydroxyl groups excluding tert-OH is 4. The first-order valence-electron chi connectivity index (χ1n) is 13.2. The Bertz CT molecular complexity index is 1210. The number of rotatable bonds is 8. The van der Waals surface area contributed by atoms with Gasteiger partial charge < -0.3 is 54.0 Å². The fraction of sp³-hybridized carbons (Fsp3) is 0.536. The summed E-state index contributed by atoms with van der Waals surface area (Å²) in [5, 5.41) is 49.8. The summed E-state index contributed by atoms with van der Waals surface area (Å²) in [7, 11) is 1.15.